The Labute approximate surface area is 213 Å². The molecule has 0 fully saturated rings. The number of benzene rings is 3. The summed E-state index contributed by atoms with van der Waals surface area (Å²) >= 11 is 0. The minimum atomic E-state index is -1.47. The topological polar surface area (TPSA) is 55.1 Å². The lowest BCUT2D eigenvalue weighted by Crippen LogP contribution is -2.28. The monoisotopic (exact) mass is 485 g/mol. The third-order valence-electron chi connectivity index (χ3n) is 6.44. The molecule has 3 aromatic carbocycles. The third-order valence-corrected chi connectivity index (χ3v) is 6.44. The second-order valence-corrected chi connectivity index (χ2v) is 9.13. The molecule has 0 atom stereocenters. The molecule has 0 unspecified atom stereocenters. The Morgan fingerprint density at radius 3 is 1.94 bits per heavy atom. The summed E-state index contributed by atoms with van der Waals surface area (Å²) < 4.78 is 17.0. The van der Waals surface area contributed by atoms with E-state index in [0.717, 1.165) is 36.8 Å². The third kappa shape index (κ3) is 5.64. The fraction of sp³-hybridized carbons (Fsp3) is 0.290. The molecule has 36 heavy (non-hydrogen) atoms. The maximum absolute atomic E-state index is 12.2. The number of nitrogens with zero attached hydrogens (tertiary/aromatic N) is 1. The van der Waals surface area contributed by atoms with Crippen LogP contribution in [-0.4, -0.2) is 30.8 Å². The molecule has 0 saturated carbocycles. The fourth-order valence-corrected chi connectivity index (χ4v) is 4.59. The summed E-state index contributed by atoms with van der Waals surface area (Å²) in [5.74, 6) is 2.73. The predicted octanol–water partition coefficient (Wildman–Crippen LogP) is 6.30. The quantitative estimate of drug-likeness (QED) is 0.270. The maximum Gasteiger partial charge on any atom is 0.173 e. The molecule has 1 heterocycles. The minimum absolute atomic E-state index is 0.472. The van der Waals surface area contributed by atoms with E-state index in [1.54, 1.807) is 14.2 Å². The number of aliphatic hydroxyl groups is 1. The van der Waals surface area contributed by atoms with Gasteiger partial charge in [-0.15, -0.1) is 0 Å². The van der Waals surface area contributed by atoms with Gasteiger partial charge >= 0.3 is 0 Å². The van der Waals surface area contributed by atoms with Crippen LogP contribution in [0.5, 0.6) is 11.5 Å². The summed E-state index contributed by atoms with van der Waals surface area (Å²) in [5, 5.41) is 12.2. The van der Waals surface area contributed by atoms with Gasteiger partial charge in [-0.05, 0) is 73.0 Å². The van der Waals surface area contributed by atoms with Crippen LogP contribution in [0, 0.1) is 6.92 Å². The largest absolute Gasteiger partial charge is 0.497 e. The van der Waals surface area contributed by atoms with Crippen molar-refractivity contribution in [3.05, 3.63) is 119 Å². The van der Waals surface area contributed by atoms with Gasteiger partial charge in [-0.3, -0.25) is 4.90 Å². The Morgan fingerprint density at radius 2 is 1.42 bits per heavy atom. The summed E-state index contributed by atoms with van der Waals surface area (Å²) in [6.07, 6.45) is 1.04. The number of hydrogen-bond acceptors (Lipinski definition) is 5. The smallest absolute Gasteiger partial charge is 0.173 e. The van der Waals surface area contributed by atoms with Crippen molar-refractivity contribution in [1.82, 2.24) is 4.90 Å². The first-order valence-corrected chi connectivity index (χ1v) is 12.3. The minimum Gasteiger partial charge on any atom is -0.497 e. The van der Waals surface area contributed by atoms with Crippen LogP contribution in [0.2, 0.25) is 0 Å². The van der Waals surface area contributed by atoms with Crippen LogP contribution in [0.15, 0.2) is 89.3 Å². The van der Waals surface area contributed by atoms with Crippen LogP contribution in [-0.2, 0) is 18.7 Å². The van der Waals surface area contributed by atoms with E-state index >= 15 is 0 Å². The van der Waals surface area contributed by atoms with E-state index in [0.29, 0.717) is 23.4 Å². The maximum atomic E-state index is 12.2. The molecule has 4 rings (SSSR count). The van der Waals surface area contributed by atoms with Crippen LogP contribution in [0.25, 0.3) is 0 Å². The van der Waals surface area contributed by atoms with Crippen molar-refractivity contribution in [2.45, 2.75) is 39.0 Å². The Balaban J connectivity index is 1.66. The molecule has 5 nitrogen and oxygen atoms in total. The zero-order chi connectivity index (χ0) is 25.5. The number of aryl methyl sites for hydroxylation is 1. The zero-order valence-electron chi connectivity index (χ0n) is 21.5. The van der Waals surface area contributed by atoms with E-state index in [-0.39, 0.29) is 0 Å². The van der Waals surface area contributed by atoms with Crippen molar-refractivity contribution in [1.29, 1.82) is 0 Å². The average Bonchev–Trinajstić information content (AvgIpc) is 3.37. The van der Waals surface area contributed by atoms with Gasteiger partial charge in [0.05, 0.1) is 20.8 Å². The molecular formula is C31H35NO4. The number of furan rings is 1. The Bertz CT molecular complexity index is 1200. The summed E-state index contributed by atoms with van der Waals surface area (Å²) in [6.45, 7) is 6.75. The highest BCUT2D eigenvalue weighted by atomic mass is 16.5. The average molecular weight is 486 g/mol. The second kappa shape index (κ2) is 11.5. The molecule has 0 aliphatic heterocycles. The fourth-order valence-electron chi connectivity index (χ4n) is 4.59. The molecule has 188 valence electrons. The molecule has 0 radical (unpaired) electrons. The van der Waals surface area contributed by atoms with Gasteiger partial charge in [0, 0.05) is 6.54 Å². The standard InChI is InChI=1S/C31H35NO4/c1-5-19-32(21-24-8-6-7-23(2)20-24)22-29-17-18-30(36-29)31(33,25-9-13-27(34-3)14-10-25)26-11-15-28(35-4)16-12-26/h6-18,20,33H,5,19,21-22H2,1-4H3. The molecule has 1 aromatic heterocycles. The van der Waals surface area contributed by atoms with Gasteiger partial charge in [0.1, 0.15) is 23.0 Å². The van der Waals surface area contributed by atoms with Crippen LogP contribution >= 0.6 is 0 Å². The number of hydrogen-bond donors (Lipinski definition) is 1. The second-order valence-electron chi connectivity index (χ2n) is 9.13. The molecule has 1 N–H and O–H groups in total. The number of methoxy groups -OCH3 is 2. The van der Waals surface area contributed by atoms with Gasteiger partial charge in [0.25, 0.3) is 0 Å². The summed E-state index contributed by atoms with van der Waals surface area (Å²) in [6, 6.07) is 27.3. The first-order valence-electron chi connectivity index (χ1n) is 12.3. The molecule has 0 amide bonds. The van der Waals surface area contributed by atoms with Crippen molar-refractivity contribution in [3.63, 3.8) is 0 Å². The lowest BCUT2D eigenvalue weighted by molar-refractivity contribution is 0.0951. The van der Waals surface area contributed by atoms with E-state index in [2.05, 4.69) is 43.0 Å². The van der Waals surface area contributed by atoms with Gasteiger partial charge in [0.2, 0.25) is 0 Å². The predicted molar refractivity (Wildman–Crippen MR) is 142 cm³/mol. The van der Waals surface area contributed by atoms with Crippen molar-refractivity contribution >= 4 is 0 Å². The molecule has 0 aliphatic carbocycles. The van der Waals surface area contributed by atoms with Crippen molar-refractivity contribution in [2.75, 3.05) is 20.8 Å². The van der Waals surface area contributed by atoms with Crippen molar-refractivity contribution in [2.24, 2.45) is 0 Å². The van der Waals surface area contributed by atoms with E-state index in [1.807, 2.05) is 60.7 Å². The van der Waals surface area contributed by atoms with Gasteiger partial charge in [-0.25, -0.2) is 0 Å². The molecule has 0 aliphatic rings. The Kier molecular flexibility index (Phi) is 8.14. The van der Waals surface area contributed by atoms with Gasteiger partial charge in [-0.1, -0.05) is 61.0 Å². The van der Waals surface area contributed by atoms with Crippen LogP contribution in [0.1, 0.15) is 47.1 Å². The van der Waals surface area contributed by atoms with Crippen molar-refractivity contribution in [3.8, 4) is 11.5 Å². The van der Waals surface area contributed by atoms with E-state index in [4.69, 9.17) is 13.9 Å². The highest BCUT2D eigenvalue weighted by Crippen LogP contribution is 2.39. The van der Waals surface area contributed by atoms with E-state index < -0.39 is 5.60 Å². The number of rotatable bonds is 11. The molecule has 0 spiro atoms. The molecule has 5 heteroatoms. The zero-order valence-corrected chi connectivity index (χ0v) is 21.5. The van der Waals surface area contributed by atoms with Gasteiger partial charge in [0.15, 0.2) is 5.60 Å². The molecule has 4 aromatic rings. The normalized spacial score (nSPS) is 11.6. The van der Waals surface area contributed by atoms with E-state index in [1.165, 1.54) is 11.1 Å². The molecule has 0 bridgehead atoms. The van der Waals surface area contributed by atoms with Crippen molar-refractivity contribution < 1.29 is 19.0 Å². The molecular weight excluding hydrogens is 450 g/mol. The summed E-state index contributed by atoms with van der Waals surface area (Å²) in [5.41, 5.74) is 2.46. The lowest BCUT2D eigenvalue weighted by atomic mass is 9.84. The molecule has 0 saturated heterocycles. The first kappa shape index (κ1) is 25.5. The highest BCUT2D eigenvalue weighted by molar-refractivity contribution is 5.46. The SMILES string of the molecule is CCCN(Cc1cccc(C)c1)Cc1ccc(C(O)(c2ccc(OC)cc2)c2ccc(OC)cc2)o1. The Hall–Kier alpha value is -3.54. The highest BCUT2D eigenvalue weighted by Gasteiger charge is 2.37. The van der Waals surface area contributed by atoms with Gasteiger partial charge < -0.3 is 19.0 Å². The van der Waals surface area contributed by atoms with Gasteiger partial charge in [-0.2, -0.15) is 0 Å². The van der Waals surface area contributed by atoms with Crippen LogP contribution in [0.4, 0.5) is 0 Å². The van der Waals surface area contributed by atoms with E-state index in [9.17, 15) is 5.11 Å². The van der Waals surface area contributed by atoms with Crippen LogP contribution < -0.4 is 9.47 Å². The first-order chi connectivity index (χ1) is 17.5. The summed E-state index contributed by atoms with van der Waals surface area (Å²) in [7, 11) is 3.25. The number of ether oxygens (including phenoxy) is 2. The lowest BCUT2D eigenvalue weighted by Gasteiger charge is -2.28. The van der Waals surface area contributed by atoms with Crippen LogP contribution in [0.3, 0.4) is 0 Å². The Morgan fingerprint density at radius 1 is 0.806 bits per heavy atom. The summed E-state index contributed by atoms with van der Waals surface area (Å²) in [4.78, 5) is 2.37.